The molecule has 3 rings (SSSR count). The average molecular weight is 747 g/mol. The quantitative estimate of drug-likeness (QED) is 0.136. The molecule has 0 saturated heterocycles. The summed E-state index contributed by atoms with van der Waals surface area (Å²) in [4.78, 5) is 57.4. The molecule has 0 radical (unpaired) electrons. The minimum Gasteiger partial charge on any atom is -0.453 e. The van der Waals surface area contributed by atoms with Crippen LogP contribution in [0.5, 0.6) is 0 Å². The van der Waals surface area contributed by atoms with Crippen molar-refractivity contribution in [1.82, 2.24) is 31.4 Å². The van der Waals surface area contributed by atoms with E-state index < -0.39 is 64.7 Å². The van der Waals surface area contributed by atoms with E-state index in [0.717, 1.165) is 22.4 Å². The summed E-state index contributed by atoms with van der Waals surface area (Å²) < 4.78 is 10.2. The molecule has 0 aliphatic carbocycles. The molecule has 0 saturated carbocycles. The molecule has 0 aliphatic rings. The summed E-state index contributed by atoms with van der Waals surface area (Å²) in [5.41, 5.74) is 4.08. The van der Waals surface area contributed by atoms with Gasteiger partial charge in [-0.05, 0) is 61.3 Å². The number of rotatable bonds is 14. The van der Waals surface area contributed by atoms with E-state index >= 15 is 0 Å². The second-order valence-electron chi connectivity index (χ2n) is 16.5. The normalized spacial score (nSPS) is 14.2. The van der Waals surface area contributed by atoms with Crippen LogP contribution in [0, 0.1) is 10.8 Å². The maximum atomic E-state index is 14.0. The second-order valence-corrected chi connectivity index (χ2v) is 16.5. The van der Waals surface area contributed by atoms with Crippen LogP contribution >= 0.6 is 0 Å². The van der Waals surface area contributed by atoms with Crippen molar-refractivity contribution in [1.29, 1.82) is 0 Å². The minimum atomic E-state index is -1.23. The molecule has 2 aromatic carbocycles. The van der Waals surface area contributed by atoms with Crippen LogP contribution in [-0.2, 0) is 32.0 Å². The molecular formula is C41H58N6O7. The van der Waals surface area contributed by atoms with Gasteiger partial charge in [0, 0.05) is 24.8 Å². The lowest BCUT2D eigenvalue weighted by Gasteiger charge is -2.36. The van der Waals surface area contributed by atoms with Gasteiger partial charge in [-0.3, -0.25) is 20.0 Å². The van der Waals surface area contributed by atoms with Crippen LogP contribution in [0.15, 0.2) is 79.0 Å². The van der Waals surface area contributed by atoms with Crippen molar-refractivity contribution in [3.63, 3.8) is 0 Å². The molecule has 54 heavy (non-hydrogen) atoms. The highest BCUT2D eigenvalue weighted by Gasteiger charge is 2.38. The Kier molecular flexibility index (Phi) is 15.1. The van der Waals surface area contributed by atoms with Gasteiger partial charge in [0.15, 0.2) is 0 Å². The molecule has 0 aliphatic heterocycles. The van der Waals surface area contributed by atoms with Gasteiger partial charge in [0.2, 0.25) is 5.91 Å². The van der Waals surface area contributed by atoms with Gasteiger partial charge in [-0.25, -0.2) is 14.6 Å². The fourth-order valence-electron chi connectivity index (χ4n) is 5.63. The van der Waals surface area contributed by atoms with E-state index in [1.54, 1.807) is 32.0 Å². The maximum Gasteiger partial charge on any atom is 0.408 e. The fraction of sp³-hybridized carbons (Fsp3) is 0.488. The first-order chi connectivity index (χ1) is 25.2. The van der Waals surface area contributed by atoms with Crippen molar-refractivity contribution in [2.24, 2.45) is 10.8 Å². The fourth-order valence-corrected chi connectivity index (χ4v) is 5.63. The summed E-state index contributed by atoms with van der Waals surface area (Å²) in [6.45, 7) is 16.1. The van der Waals surface area contributed by atoms with Gasteiger partial charge < -0.3 is 30.5 Å². The first-order valence-electron chi connectivity index (χ1n) is 18.1. The number of hydrazine groups is 1. The molecule has 1 heterocycles. The predicted octanol–water partition coefficient (Wildman–Crippen LogP) is 5.38. The number of pyridine rings is 1. The number of hydrogen-bond donors (Lipinski definition) is 5. The number of aliphatic hydroxyl groups is 1. The summed E-state index contributed by atoms with van der Waals surface area (Å²) >= 11 is 0. The number of aromatic nitrogens is 1. The van der Waals surface area contributed by atoms with Crippen molar-refractivity contribution < 1.29 is 33.8 Å². The summed E-state index contributed by atoms with van der Waals surface area (Å²) in [6.07, 6.45) is -0.772. The highest BCUT2D eigenvalue weighted by Crippen LogP contribution is 2.23. The van der Waals surface area contributed by atoms with Crippen molar-refractivity contribution in [2.75, 3.05) is 13.7 Å². The predicted molar refractivity (Wildman–Crippen MR) is 208 cm³/mol. The molecule has 4 atom stereocenters. The van der Waals surface area contributed by atoms with Gasteiger partial charge in [0.05, 0.1) is 24.9 Å². The molecule has 0 fully saturated rings. The number of benzene rings is 2. The average Bonchev–Trinajstić information content (AvgIpc) is 3.08. The van der Waals surface area contributed by atoms with E-state index in [4.69, 9.17) is 9.47 Å². The third kappa shape index (κ3) is 14.1. The lowest BCUT2D eigenvalue weighted by molar-refractivity contribution is -0.132. The van der Waals surface area contributed by atoms with Crippen LogP contribution < -0.4 is 21.4 Å². The van der Waals surface area contributed by atoms with Gasteiger partial charge in [-0.15, -0.1) is 0 Å². The van der Waals surface area contributed by atoms with E-state index in [0.29, 0.717) is 0 Å². The Morgan fingerprint density at radius 2 is 1.30 bits per heavy atom. The molecule has 1 unspecified atom stereocenters. The summed E-state index contributed by atoms with van der Waals surface area (Å²) in [5, 5.41) is 21.8. The zero-order valence-electron chi connectivity index (χ0n) is 33.2. The number of hydrogen-bond acceptors (Lipinski definition) is 9. The van der Waals surface area contributed by atoms with Gasteiger partial charge in [0.1, 0.15) is 17.7 Å². The number of amides is 4. The van der Waals surface area contributed by atoms with Crippen molar-refractivity contribution in [3.05, 3.63) is 90.1 Å². The second kappa shape index (κ2) is 18.8. The smallest absolute Gasteiger partial charge is 0.408 e. The molecular weight excluding hydrogens is 688 g/mol. The number of ether oxygens (including phenoxy) is 2. The number of nitrogens with zero attached hydrogens (tertiary/aromatic N) is 2. The molecule has 5 N–H and O–H groups in total. The molecule has 4 amide bonds. The van der Waals surface area contributed by atoms with Gasteiger partial charge >= 0.3 is 12.2 Å². The minimum absolute atomic E-state index is 0.125. The maximum absolute atomic E-state index is 14.0. The number of nitrogens with one attached hydrogen (secondary N) is 4. The number of aliphatic hydroxyl groups excluding tert-OH is 1. The van der Waals surface area contributed by atoms with Gasteiger partial charge in [-0.2, -0.15) is 0 Å². The highest BCUT2D eigenvalue weighted by atomic mass is 16.6. The summed E-state index contributed by atoms with van der Waals surface area (Å²) in [7, 11) is 1.22. The summed E-state index contributed by atoms with van der Waals surface area (Å²) in [5.74, 6) is -1.03. The SMILES string of the molecule is COC(=O)N[C@H](C(=O)NN(Cc1ccc(-c2ccccn2)cc1)C[C@H](O)[C@H](Cc1ccccc1)NC(=O)C(NC(=O)OC(C)(C)C)C(C)(C)C)C(C)(C)C. The Hall–Kier alpha value is -5.01. The molecule has 0 spiro atoms. The standard InChI is InChI=1S/C41H58N6O7/c1-39(2,3)33(45-38(52)54-41(7,8)9)35(49)43-31(24-27-16-12-11-13-17-27)32(48)26-47(46-36(50)34(40(4,5)6)44-37(51)53-10)25-28-19-21-29(22-20-28)30-18-14-15-23-42-30/h11-23,31-34,48H,24-26H2,1-10H3,(H,43,49)(H,44,51)(H,45,52)(H,46,50)/t31-,32-,33?,34+/m0/s1. The number of alkyl carbamates (subject to hydrolysis) is 2. The summed E-state index contributed by atoms with van der Waals surface area (Å²) in [6, 6.07) is 19.8. The molecule has 13 nitrogen and oxygen atoms in total. The van der Waals surface area contributed by atoms with E-state index in [1.165, 1.54) is 7.11 Å². The molecule has 13 heteroatoms. The van der Waals surface area contributed by atoms with E-state index in [9.17, 15) is 24.3 Å². The monoisotopic (exact) mass is 746 g/mol. The van der Waals surface area contributed by atoms with Crippen molar-refractivity contribution in [3.8, 4) is 11.3 Å². The van der Waals surface area contributed by atoms with Crippen LogP contribution in [0.3, 0.4) is 0 Å². The van der Waals surface area contributed by atoms with Crippen molar-refractivity contribution in [2.45, 2.75) is 105 Å². The highest BCUT2D eigenvalue weighted by molar-refractivity contribution is 5.87. The van der Waals surface area contributed by atoms with Crippen molar-refractivity contribution >= 4 is 24.0 Å². The number of carbonyl (C=O) groups is 4. The molecule has 0 bridgehead atoms. The zero-order chi connectivity index (χ0) is 40.3. The first-order valence-corrected chi connectivity index (χ1v) is 18.1. The lowest BCUT2D eigenvalue weighted by atomic mass is 9.85. The molecule has 3 aromatic rings. The third-order valence-electron chi connectivity index (χ3n) is 8.42. The number of methoxy groups -OCH3 is 1. The Bertz CT molecular complexity index is 1670. The van der Waals surface area contributed by atoms with E-state index in [1.807, 2.05) is 114 Å². The lowest BCUT2D eigenvalue weighted by Crippen LogP contribution is -2.61. The number of carbonyl (C=O) groups excluding carboxylic acids is 4. The first kappa shape index (κ1) is 43.4. The Balaban J connectivity index is 1.96. The molecule has 1 aromatic heterocycles. The van der Waals surface area contributed by atoms with Gasteiger partial charge in [-0.1, -0.05) is 102 Å². The van der Waals surface area contributed by atoms with Crippen LogP contribution in [0.4, 0.5) is 9.59 Å². The van der Waals surface area contributed by atoms with Crippen LogP contribution in [0.1, 0.15) is 73.4 Å². The zero-order valence-corrected chi connectivity index (χ0v) is 33.2. The topological polar surface area (TPSA) is 171 Å². The van der Waals surface area contributed by atoms with Gasteiger partial charge in [0.25, 0.3) is 5.91 Å². The Labute approximate surface area is 319 Å². The largest absolute Gasteiger partial charge is 0.453 e. The Morgan fingerprint density at radius 3 is 1.83 bits per heavy atom. The van der Waals surface area contributed by atoms with Crippen LogP contribution in [0.25, 0.3) is 11.3 Å². The van der Waals surface area contributed by atoms with Crippen LogP contribution in [-0.4, -0.2) is 82.6 Å². The Morgan fingerprint density at radius 1 is 0.722 bits per heavy atom. The molecule has 294 valence electrons. The van der Waals surface area contributed by atoms with E-state index in [-0.39, 0.29) is 19.5 Å². The van der Waals surface area contributed by atoms with Crippen LogP contribution in [0.2, 0.25) is 0 Å². The third-order valence-corrected chi connectivity index (χ3v) is 8.42. The van der Waals surface area contributed by atoms with E-state index in [2.05, 4.69) is 26.4 Å².